The van der Waals surface area contributed by atoms with E-state index in [9.17, 15) is 0 Å². The van der Waals surface area contributed by atoms with Crippen molar-refractivity contribution in [2.45, 2.75) is 43.9 Å². The molecule has 104 valence electrons. The van der Waals surface area contributed by atoms with Gasteiger partial charge in [-0.15, -0.1) is 0 Å². The minimum atomic E-state index is 0.184. The molecule has 0 fully saturated rings. The summed E-state index contributed by atoms with van der Waals surface area (Å²) in [5.74, 6) is 0. The van der Waals surface area contributed by atoms with E-state index >= 15 is 0 Å². The maximum absolute atomic E-state index is 5.53. The summed E-state index contributed by atoms with van der Waals surface area (Å²) in [5.41, 5.74) is 2.95. The van der Waals surface area contributed by atoms with Crippen LogP contribution in [0.15, 0.2) is 58.5 Å². The van der Waals surface area contributed by atoms with Gasteiger partial charge < -0.3 is 4.74 Å². The topological polar surface area (TPSA) is 9.23 Å². The summed E-state index contributed by atoms with van der Waals surface area (Å²) in [6.07, 6.45) is 6.52. The Labute approximate surface area is 121 Å². The Hall–Kier alpha value is -0.990. The fourth-order valence-corrected chi connectivity index (χ4v) is 2.50. The molecule has 0 radical (unpaired) electrons. The van der Waals surface area contributed by atoms with Crippen molar-refractivity contribution in [2.75, 3.05) is 7.11 Å². The van der Waals surface area contributed by atoms with E-state index in [-0.39, 0.29) is 5.44 Å². The van der Waals surface area contributed by atoms with Crippen molar-refractivity contribution in [3.63, 3.8) is 0 Å². The van der Waals surface area contributed by atoms with Crippen molar-refractivity contribution in [2.24, 2.45) is 0 Å². The Bertz CT molecular complexity index is 416. The van der Waals surface area contributed by atoms with Crippen molar-refractivity contribution < 1.29 is 4.74 Å². The maximum Gasteiger partial charge on any atom is 0.110 e. The van der Waals surface area contributed by atoms with Gasteiger partial charge in [0.05, 0.1) is 0 Å². The summed E-state index contributed by atoms with van der Waals surface area (Å²) < 4.78 is 5.53. The fraction of sp³-hybridized carbons (Fsp3) is 0.412. The third-order valence-corrected chi connectivity index (χ3v) is 3.96. The minimum Gasteiger partial charge on any atom is -0.370 e. The highest BCUT2D eigenvalue weighted by Crippen LogP contribution is 2.26. The lowest BCUT2D eigenvalue weighted by molar-refractivity contribution is 0.175. The number of benzene rings is 1. The summed E-state index contributed by atoms with van der Waals surface area (Å²) in [6, 6.07) is 10.4. The maximum atomic E-state index is 5.53. The molecule has 19 heavy (non-hydrogen) atoms. The average molecular weight is 276 g/mol. The molecule has 1 atom stereocenters. The molecule has 0 aromatic heterocycles. The number of methoxy groups -OCH3 is 1. The number of allylic oxidation sites excluding steroid dienone is 3. The zero-order valence-electron chi connectivity index (χ0n) is 12.3. The van der Waals surface area contributed by atoms with Crippen LogP contribution < -0.4 is 0 Å². The van der Waals surface area contributed by atoms with Gasteiger partial charge in [0.1, 0.15) is 5.44 Å². The Kier molecular flexibility index (Phi) is 7.61. The minimum absolute atomic E-state index is 0.184. The molecule has 0 saturated heterocycles. The van der Waals surface area contributed by atoms with Gasteiger partial charge in [-0.1, -0.05) is 53.3 Å². The van der Waals surface area contributed by atoms with Crippen molar-refractivity contribution in [1.29, 1.82) is 0 Å². The average Bonchev–Trinajstić information content (AvgIpc) is 2.42. The molecule has 2 heteroatoms. The lowest BCUT2D eigenvalue weighted by Crippen LogP contribution is -2.03. The molecule has 0 aliphatic rings. The van der Waals surface area contributed by atoms with E-state index in [0.29, 0.717) is 0 Å². The van der Waals surface area contributed by atoms with E-state index in [1.165, 1.54) is 16.0 Å². The van der Waals surface area contributed by atoms with Crippen LogP contribution in [0.3, 0.4) is 0 Å². The molecule has 0 N–H and O–H groups in total. The van der Waals surface area contributed by atoms with Crippen molar-refractivity contribution in [3.8, 4) is 0 Å². The Morgan fingerprint density at radius 1 is 1.16 bits per heavy atom. The molecule has 1 nitrogen and oxygen atoms in total. The fourth-order valence-electron chi connectivity index (χ4n) is 1.59. The zero-order valence-corrected chi connectivity index (χ0v) is 13.2. The molecule has 0 bridgehead atoms. The van der Waals surface area contributed by atoms with Crippen LogP contribution >= 0.6 is 11.8 Å². The van der Waals surface area contributed by atoms with Gasteiger partial charge in [-0.05, 0) is 39.3 Å². The number of thioether (sulfide) groups is 1. The molecule has 0 heterocycles. The first kappa shape index (κ1) is 16.1. The second-order valence-corrected chi connectivity index (χ2v) is 6.10. The molecule has 0 aliphatic heterocycles. The van der Waals surface area contributed by atoms with Crippen LogP contribution in [-0.2, 0) is 4.74 Å². The second kappa shape index (κ2) is 9.00. The number of hydrogen-bond donors (Lipinski definition) is 0. The predicted molar refractivity (Wildman–Crippen MR) is 85.5 cm³/mol. The van der Waals surface area contributed by atoms with Gasteiger partial charge in [0.25, 0.3) is 0 Å². The summed E-state index contributed by atoms with van der Waals surface area (Å²) in [5, 5.41) is 0. The highest BCUT2D eigenvalue weighted by molar-refractivity contribution is 7.99. The van der Waals surface area contributed by atoms with E-state index < -0.39 is 0 Å². The van der Waals surface area contributed by atoms with Gasteiger partial charge in [-0.3, -0.25) is 0 Å². The summed E-state index contributed by atoms with van der Waals surface area (Å²) >= 11 is 1.77. The normalized spacial score (nSPS) is 13.2. The third-order valence-electron chi connectivity index (χ3n) is 2.76. The monoisotopic (exact) mass is 276 g/mol. The van der Waals surface area contributed by atoms with Crippen LogP contribution in [-0.4, -0.2) is 12.5 Å². The second-order valence-electron chi connectivity index (χ2n) is 4.87. The van der Waals surface area contributed by atoms with E-state index in [1.807, 2.05) is 6.07 Å². The summed E-state index contributed by atoms with van der Waals surface area (Å²) in [6.45, 7) is 6.45. The van der Waals surface area contributed by atoms with Gasteiger partial charge in [-0.2, -0.15) is 0 Å². The van der Waals surface area contributed by atoms with Crippen LogP contribution in [0.4, 0.5) is 0 Å². The van der Waals surface area contributed by atoms with Crippen molar-refractivity contribution >= 4 is 11.8 Å². The molecular formula is C17H24OS. The van der Waals surface area contributed by atoms with Crippen molar-refractivity contribution in [3.05, 3.63) is 53.6 Å². The van der Waals surface area contributed by atoms with E-state index in [0.717, 1.165) is 12.8 Å². The number of hydrogen-bond acceptors (Lipinski definition) is 2. The Morgan fingerprint density at radius 2 is 1.84 bits per heavy atom. The Morgan fingerprint density at radius 3 is 2.42 bits per heavy atom. The Balaban J connectivity index is 2.48. The SMILES string of the molecule is COC(C/C=C(\C)CC=C(C)C)Sc1ccccc1. The number of ether oxygens (including phenoxy) is 1. The van der Waals surface area contributed by atoms with E-state index in [2.05, 4.69) is 57.2 Å². The molecule has 1 aromatic carbocycles. The first-order valence-electron chi connectivity index (χ1n) is 6.65. The van der Waals surface area contributed by atoms with Gasteiger partial charge in [0, 0.05) is 18.4 Å². The smallest absolute Gasteiger partial charge is 0.110 e. The van der Waals surface area contributed by atoms with E-state index in [1.54, 1.807) is 18.9 Å². The third kappa shape index (κ3) is 7.24. The molecule has 1 rings (SSSR count). The highest BCUT2D eigenvalue weighted by Gasteiger charge is 2.07. The molecule has 0 spiro atoms. The van der Waals surface area contributed by atoms with Crippen molar-refractivity contribution in [1.82, 2.24) is 0 Å². The van der Waals surface area contributed by atoms with Crippen LogP contribution in [0.2, 0.25) is 0 Å². The van der Waals surface area contributed by atoms with Gasteiger partial charge in [-0.25, -0.2) is 0 Å². The molecule has 0 saturated carbocycles. The molecular weight excluding hydrogens is 252 g/mol. The standard InChI is InChI=1S/C17H24OS/c1-14(2)10-11-15(3)12-13-17(18-4)19-16-8-6-5-7-9-16/h5-10,12,17H,11,13H2,1-4H3/b15-12+. The van der Waals surface area contributed by atoms with Gasteiger partial charge in [0.2, 0.25) is 0 Å². The highest BCUT2D eigenvalue weighted by atomic mass is 32.2. The predicted octanol–water partition coefficient (Wildman–Crippen LogP) is 5.44. The first-order chi connectivity index (χ1) is 9.11. The lowest BCUT2D eigenvalue weighted by Gasteiger charge is -2.13. The molecule has 0 aliphatic carbocycles. The largest absolute Gasteiger partial charge is 0.370 e. The van der Waals surface area contributed by atoms with Crippen LogP contribution in [0.5, 0.6) is 0 Å². The number of rotatable bonds is 7. The zero-order chi connectivity index (χ0) is 14.1. The summed E-state index contributed by atoms with van der Waals surface area (Å²) in [4.78, 5) is 1.25. The summed E-state index contributed by atoms with van der Waals surface area (Å²) in [7, 11) is 1.78. The molecule has 0 amide bonds. The van der Waals surface area contributed by atoms with Crippen LogP contribution in [0.25, 0.3) is 0 Å². The molecule has 1 aromatic rings. The van der Waals surface area contributed by atoms with Gasteiger partial charge >= 0.3 is 0 Å². The van der Waals surface area contributed by atoms with E-state index in [4.69, 9.17) is 4.74 Å². The van der Waals surface area contributed by atoms with Crippen LogP contribution in [0, 0.1) is 0 Å². The quantitative estimate of drug-likeness (QED) is 0.372. The van der Waals surface area contributed by atoms with Gasteiger partial charge in [0.15, 0.2) is 0 Å². The lowest BCUT2D eigenvalue weighted by atomic mass is 10.1. The molecule has 1 unspecified atom stereocenters. The van der Waals surface area contributed by atoms with Crippen LogP contribution in [0.1, 0.15) is 33.6 Å². The first-order valence-corrected chi connectivity index (χ1v) is 7.53.